The van der Waals surface area contributed by atoms with Crippen molar-refractivity contribution < 1.29 is 0 Å². The van der Waals surface area contributed by atoms with Crippen LogP contribution in [0.25, 0.3) is 0 Å². The molecule has 1 N–H and O–H groups in total. The van der Waals surface area contributed by atoms with Gasteiger partial charge in [-0.1, -0.05) is 55.8 Å². The van der Waals surface area contributed by atoms with Crippen LogP contribution < -0.4 is 5.32 Å². The van der Waals surface area contributed by atoms with Crippen LogP contribution in [0, 0.1) is 11.8 Å². The van der Waals surface area contributed by atoms with Crippen molar-refractivity contribution in [1.82, 2.24) is 10.2 Å². The Kier molecular flexibility index (Phi) is 6.27. The number of benzene rings is 1. The third-order valence-corrected chi connectivity index (χ3v) is 4.88. The number of halogens is 1. The molecular weight excluding hydrogens is 324 g/mol. The smallest absolute Gasteiger partial charge is 0.0238 e. The molecule has 2 atom stereocenters. The zero-order chi connectivity index (χ0) is 15.4. The van der Waals surface area contributed by atoms with Crippen LogP contribution in [0.1, 0.15) is 39.7 Å². The summed E-state index contributed by atoms with van der Waals surface area (Å²) in [6.07, 6.45) is 1.27. The highest BCUT2D eigenvalue weighted by Gasteiger charge is 2.29. The Morgan fingerprint density at radius 1 is 1.29 bits per heavy atom. The van der Waals surface area contributed by atoms with E-state index in [0.29, 0.717) is 18.0 Å². The number of rotatable bonds is 5. The van der Waals surface area contributed by atoms with Crippen LogP contribution in [0.2, 0.25) is 0 Å². The van der Waals surface area contributed by atoms with Gasteiger partial charge in [0.2, 0.25) is 0 Å². The third kappa shape index (κ3) is 5.08. The van der Waals surface area contributed by atoms with Crippen molar-refractivity contribution in [2.45, 2.75) is 52.7 Å². The molecule has 2 unspecified atom stereocenters. The van der Waals surface area contributed by atoms with Crippen molar-refractivity contribution in [3.8, 4) is 0 Å². The Balaban J connectivity index is 2.08. The monoisotopic (exact) mass is 352 g/mol. The van der Waals surface area contributed by atoms with Crippen molar-refractivity contribution >= 4 is 15.9 Å². The molecule has 21 heavy (non-hydrogen) atoms. The van der Waals surface area contributed by atoms with Gasteiger partial charge >= 0.3 is 0 Å². The zero-order valence-electron chi connectivity index (χ0n) is 13.8. The van der Waals surface area contributed by atoms with E-state index in [-0.39, 0.29) is 0 Å². The molecule has 0 aromatic heterocycles. The second-order valence-electron chi connectivity index (χ2n) is 7.10. The molecule has 1 aliphatic heterocycles. The minimum Gasteiger partial charge on any atom is -0.311 e. The molecule has 2 nitrogen and oxygen atoms in total. The first kappa shape index (κ1) is 17.0. The number of hydrogen-bond acceptors (Lipinski definition) is 2. The van der Waals surface area contributed by atoms with E-state index in [2.05, 4.69) is 78.1 Å². The normalized spacial score (nSPS) is 24.0. The summed E-state index contributed by atoms with van der Waals surface area (Å²) in [7, 11) is 0. The summed E-state index contributed by atoms with van der Waals surface area (Å²) in [4.78, 5) is 2.68. The summed E-state index contributed by atoms with van der Waals surface area (Å²) in [5, 5.41) is 3.75. The van der Waals surface area contributed by atoms with Crippen molar-refractivity contribution in [3.63, 3.8) is 0 Å². The van der Waals surface area contributed by atoms with Gasteiger partial charge < -0.3 is 5.32 Å². The quantitative estimate of drug-likeness (QED) is 0.849. The Bertz CT molecular complexity index is 445. The van der Waals surface area contributed by atoms with Crippen LogP contribution in [0.15, 0.2) is 28.7 Å². The molecule has 0 radical (unpaired) electrons. The van der Waals surface area contributed by atoms with E-state index in [1.165, 1.54) is 16.5 Å². The molecule has 3 heteroatoms. The number of hydrogen-bond donors (Lipinski definition) is 1. The lowest BCUT2D eigenvalue weighted by Gasteiger charge is -2.42. The van der Waals surface area contributed by atoms with Crippen LogP contribution in [0.5, 0.6) is 0 Å². The maximum absolute atomic E-state index is 3.75. The van der Waals surface area contributed by atoms with E-state index in [4.69, 9.17) is 0 Å². The fourth-order valence-corrected chi connectivity index (χ4v) is 3.62. The van der Waals surface area contributed by atoms with Gasteiger partial charge in [-0.25, -0.2) is 0 Å². The van der Waals surface area contributed by atoms with Gasteiger partial charge in [-0.15, -0.1) is 0 Å². The summed E-state index contributed by atoms with van der Waals surface area (Å²) in [5.41, 5.74) is 1.41. The molecule has 2 rings (SSSR count). The van der Waals surface area contributed by atoms with E-state index in [1.807, 2.05) is 0 Å². The second-order valence-corrected chi connectivity index (χ2v) is 8.02. The van der Waals surface area contributed by atoms with E-state index in [9.17, 15) is 0 Å². The van der Waals surface area contributed by atoms with Crippen LogP contribution in [-0.2, 0) is 6.54 Å². The van der Waals surface area contributed by atoms with Gasteiger partial charge in [0.15, 0.2) is 0 Å². The van der Waals surface area contributed by atoms with Crippen LogP contribution >= 0.6 is 15.9 Å². The number of nitrogens with zero attached hydrogens (tertiary/aromatic N) is 1. The Hall–Kier alpha value is -0.380. The van der Waals surface area contributed by atoms with Crippen LogP contribution in [0.3, 0.4) is 0 Å². The lowest BCUT2D eigenvalue weighted by Crippen LogP contribution is -2.57. The largest absolute Gasteiger partial charge is 0.311 e. The predicted octanol–water partition coefficient (Wildman–Crippen LogP) is 4.29. The molecule has 0 spiro atoms. The highest BCUT2D eigenvalue weighted by molar-refractivity contribution is 9.10. The lowest BCUT2D eigenvalue weighted by atomic mass is 9.94. The minimum atomic E-state index is 0.612. The molecule has 1 aromatic carbocycles. The van der Waals surface area contributed by atoms with E-state index >= 15 is 0 Å². The lowest BCUT2D eigenvalue weighted by molar-refractivity contribution is 0.0924. The predicted molar refractivity (Wildman–Crippen MR) is 94.4 cm³/mol. The zero-order valence-corrected chi connectivity index (χ0v) is 15.4. The highest BCUT2D eigenvalue weighted by atomic mass is 79.9. The molecule has 1 saturated heterocycles. The molecule has 1 aliphatic rings. The first-order valence-corrected chi connectivity index (χ1v) is 8.97. The average Bonchev–Trinajstić information content (AvgIpc) is 2.40. The van der Waals surface area contributed by atoms with Gasteiger partial charge in [-0.2, -0.15) is 0 Å². The second kappa shape index (κ2) is 7.75. The molecule has 1 aromatic rings. The van der Waals surface area contributed by atoms with Gasteiger partial charge in [0, 0.05) is 36.2 Å². The molecular formula is C18H29BrN2. The summed E-state index contributed by atoms with van der Waals surface area (Å²) in [5.74, 6) is 1.44. The minimum absolute atomic E-state index is 0.612. The topological polar surface area (TPSA) is 15.3 Å². The summed E-state index contributed by atoms with van der Waals surface area (Å²) in [6.45, 7) is 12.6. The SMILES string of the molecule is CC(C)CC1CNC(C(C)C)CN1Cc1cccc(Br)c1. The van der Waals surface area contributed by atoms with Crippen molar-refractivity contribution in [1.29, 1.82) is 0 Å². The third-order valence-electron chi connectivity index (χ3n) is 4.39. The fraction of sp³-hybridized carbons (Fsp3) is 0.667. The molecule has 118 valence electrons. The molecule has 0 amide bonds. The Morgan fingerprint density at radius 3 is 2.67 bits per heavy atom. The molecule has 1 heterocycles. The van der Waals surface area contributed by atoms with Gasteiger partial charge in [0.05, 0.1) is 0 Å². The first-order valence-electron chi connectivity index (χ1n) is 8.17. The van der Waals surface area contributed by atoms with Crippen molar-refractivity contribution in [3.05, 3.63) is 34.3 Å². The highest BCUT2D eigenvalue weighted by Crippen LogP contribution is 2.22. The first-order chi connectivity index (χ1) is 9.95. The van der Waals surface area contributed by atoms with Crippen LogP contribution in [0.4, 0.5) is 0 Å². The van der Waals surface area contributed by atoms with Gasteiger partial charge in [-0.05, 0) is 36.0 Å². The standard InChI is InChI=1S/C18H29BrN2/c1-13(2)8-17-10-20-18(14(3)4)12-21(17)11-15-6-5-7-16(19)9-15/h5-7,9,13-14,17-18,20H,8,10-12H2,1-4H3. The molecule has 0 saturated carbocycles. The van der Waals surface area contributed by atoms with Gasteiger partial charge in [0.1, 0.15) is 0 Å². The maximum atomic E-state index is 3.75. The molecule has 0 aliphatic carbocycles. The maximum Gasteiger partial charge on any atom is 0.0238 e. The van der Waals surface area contributed by atoms with E-state index in [0.717, 1.165) is 25.6 Å². The Labute approximate surface area is 138 Å². The fourth-order valence-electron chi connectivity index (χ4n) is 3.17. The number of nitrogens with one attached hydrogen (secondary N) is 1. The molecule has 1 fully saturated rings. The van der Waals surface area contributed by atoms with Crippen molar-refractivity contribution in [2.75, 3.05) is 13.1 Å². The summed E-state index contributed by atoms with van der Waals surface area (Å²) >= 11 is 3.59. The summed E-state index contributed by atoms with van der Waals surface area (Å²) in [6, 6.07) is 9.99. The van der Waals surface area contributed by atoms with E-state index < -0.39 is 0 Å². The molecule has 0 bridgehead atoms. The summed E-state index contributed by atoms with van der Waals surface area (Å²) < 4.78 is 1.18. The average molecular weight is 353 g/mol. The van der Waals surface area contributed by atoms with E-state index in [1.54, 1.807) is 0 Å². The Morgan fingerprint density at radius 2 is 2.05 bits per heavy atom. The van der Waals surface area contributed by atoms with Gasteiger partial charge in [-0.3, -0.25) is 4.90 Å². The van der Waals surface area contributed by atoms with Gasteiger partial charge in [0.25, 0.3) is 0 Å². The number of piperazine rings is 1. The van der Waals surface area contributed by atoms with Crippen molar-refractivity contribution in [2.24, 2.45) is 11.8 Å². The van der Waals surface area contributed by atoms with Crippen LogP contribution in [-0.4, -0.2) is 30.1 Å².